The van der Waals surface area contributed by atoms with Crippen molar-refractivity contribution < 1.29 is 17.9 Å². The van der Waals surface area contributed by atoms with Crippen LogP contribution < -0.4 is 5.32 Å². The van der Waals surface area contributed by atoms with E-state index in [0.29, 0.717) is 12.5 Å². The Morgan fingerprint density at radius 3 is 1.94 bits per heavy atom. The normalized spacial score (nSPS) is 11.3. The van der Waals surface area contributed by atoms with Gasteiger partial charge >= 0.3 is 6.36 Å². The molecule has 0 heterocycles. The highest BCUT2D eigenvalue weighted by molar-refractivity contribution is 4.48. The molecule has 0 aliphatic carbocycles. The van der Waals surface area contributed by atoms with E-state index in [1.165, 1.54) is 6.42 Å². The molecule has 0 aromatic heterocycles. The van der Waals surface area contributed by atoms with Gasteiger partial charge in [-0.25, -0.2) is 0 Å². The second kappa shape index (κ2) is 12.2. The van der Waals surface area contributed by atoms with Gasteiger partial charge in [0, 0.05) is 6.04 Å². The third-order valence-electron chi connectivity index (χ3n) is 1.82. The van der Waals surface area contributed by atoms with Crippen molar-refractivity contribution >= 4 is 0 Å². The van der Waals surface area contributed by atoms with Crippen molar-refractivity contribution in [1.82, 2.24) is 5.32 Å². The lowest BCUT2D eigenvalue weighted by Crippen LogP contribution is -2.22. The van der Waals surface area contributed by atoms with Crippen LogP contribution >= 0.6 is 0 Å². The summed E-state index contributed by atoms with van der Waals surface area (Å²) < 4.78 is 37.3. The fourth-order valence-electron chi connectivity index (χ4n) is 0.973. The average Bonchev–Trinajstić information content (AvgIpc) is 2.21. The second-order valence-corrected chi connectivity index (χ2v) is 4.11. The van der Waals surface area contributed by atoms with Crippen LogP contribution in [0.2, 0.25) is 0 Å². The molecule has 0 bridgehead atoms. The molecule has 0 rings (SSSR count). The van der Waals surface area contributed by atoms with Crippen LogP contribution in [-0.4, -0.2) is 25.6 Å². The van der Waals surface area contributed by atoms with E-state index in [9.17, 15) is 13.2 Å². The van der Waals surface area contributed by atoms with Crippen LogP contribution in [0.1, 0.15) is 53.4 Å². The van der Waals surface area contributed by atoms with Crippen LogP contribution in [-0.2, 0) is 4.74 Å². The minimum Gasteiger partial charge on any atom is -0.315 e. The Labute approximate surface area is 103 Å². The quantitative estimate of drug-likeness (QED) is 0.693. The van der Waals surface area contributed by atoms with E-state index in [1.807, 2.05) is 6.92 Å². The Hall–Kier alpha value is -0.290. The summed E-state index contributed by atoms with van der Waals surface area (Å²) >= 11 is 0. The zero-order chi connectivity index (χ0) is 13.7. The van der Waals surface area contributed by atoms with Gasteiger partial charge in [-0.2, -0.15) is 0 Å². The highest BCUT2D eigenvalue weighted by Gasteiger charge is 2.28. The van der Waals surface area contributed by atoms with Crippen LogP contribution in [0.4, 0.5) is 13.2 Å². The monoisotopic (exact) mass is 257 g/mol. The molecule has 0 aliphatic rings. The first-order valence-electron chi connectivity index (χ1n) is 6.27. The van der Waals surface area contributed by atoms with Gasteiger partial charge in [0.05, 0.1) is 6.61 Å². The molecule has 0 fully saturated rings. The number of hydrogen-bond acceptors (Lipinski definition) is 2. The van der Waals surface area contributed by atoms with Gasteiger partial charge in [-0.05, 0) is 19.4 Å². The molecule has 2 nitrogen and oxygen atoms in total. The SMILES string of the molecule is CCCCCOC(F)(F)F.CCCNC(C)C. The predicted octanol–water partition coefficient (Wildman–Crippen LogP) is 4.11. The molecule has 0 aromatic rings. The number of unbranched alkanes of at least 4 members (excludes halogenated alkanes) is 2. The van der Waals surface area contributed by atoms with Crippen LogP contribution in [0.15, 0.2) is 0 Å². The molecule has 0 saturated carbocycles. The summed E-state index contributed by atoms with van der Waals surface area (Å²) in [6.07, 6.45) is -1.04. The van der Waals surface area contributed by atoms with E-state index >= 15 is 0 Å². The Balaban J connectivity index is 0. The topological polar surface area (TPSA) is 21.3 Å². The molecule has 0 aliphatic heterocycles. The fraction of sp³-hybridized carbons (Fsp3) is 1.00. The van der Waals surface area contributed by atoms with Crippen molar-refractivity contribution in [2.45, 2.75) is 65.8 Å². The number of alkyl halides is 3. The molecule has 0 radical (unpaired) electrons. The maximum atomic E-state index is 11.3. The standard InChI is InChI=1S/C6H11F3O.C6H15N/c1-2-3-4-5-10-6(7,8)9;1-4-5-7-6(2)3/h2-5H2,1H3;6-7H,4-5H2,1-3H3. The lowest BCUT2D eigenvalue weighted by molar-refractivity contribution is -0.324. The third kappa shape index (κ3) is 25.7. The van der Waals surface area contributed by atoms with Crippen LogP contribution in [0, 0.1) is 0 Å². The summed E-state index contributed by atoms with van der Waals surface area (Å²) in [5, 5.41) is 3.30. The molecule has 0 unspecified atom stereocenters. The van der Waals surface area contributed by atoms with Crippen molar-refractivity contribution in [2.75, 3.05) is 13.2 Å². The summed E-state index contributed by atoms with van der Waals surface area (Å²) in [6.45, 7) is 9.36. The smallest absolute Gasteiger partial charge is 0.315 e. The molecular weight excluding hydrogens is 231 g/mol. The van der Waals surface area contributed by atoms with Gasteiger partial charge in [0.1, 0.15) is 0 Å². The van der Waals surface area contributed by atoms with Crippen molar-refractivity contribution in [3.8, 4) is 0 Å². The summed E-state index contributed by atoms with van der Waals surface area (Å²) in [6, 6.07) is 0.653. The van der Waals surface area contributed by atoms with Crippen molar-refractivity contribution in [2.24, 2.45) is 0 Å². The third-order valence-corrected chi connectivity index (χ3v) is 1.82. The Morgan fingerprint density at radius 2 is 1.65 bits per heavy atom. The molecule has 1 N–H and O–H groups in total. The lowest BCUT2D eigenvalue weighted by atomic mass is 10.3. The zero-order valence-corrected chi connectivity index (χ0v) is 11.4. The maximum Gasteiger partial charge on any atom is 0.522 e. The van der Waals surface area contributed by atoms with Crippen molar-refractivity contribution in [1.29, 1.82) is 0 Å². The Kier molecular flexibility index (Phi) is 13.6. The van der Waals surface area contributed by atoms with Gasteiger partial charge in [0.15, 0.2) is 0 Å². The van der Waals surface area contributed by atoms with Gasteiger partial charge in [0.25, 0.3) is 0 Å². The minimum atomic E-state index is -4.45. The van der Waals surface area contributed by atoms with Gasteiger partial charge in [0.2, 0.25) is 0 Å². The van der Waals surface area contributed by atoms with Crippen LogP contribution in [0.3, 0.4) is 0 Å². The van der Waals surface area contributed by atoms with Crippen molar-refractivity contribution in [3.63, 3.8) is 0 Å². The number of nitrogens with one attached hydrogen (secondary N) is 1. The molecule has 0 aromatic carbocycles. The molecule has 0 spiro atoms. The number of halogens is 3. The van der Waals surface area contributed by atoms with Crippen LogP contribution in [0.25, 0.3) is 0 Å². The molecule has 106 valence electrons. The van der Waals surface area contributed by atoms with Gasteiger partial charge in [-0.3, -0.25) is 4.74 Å². The Morgan fingerprint density at radius 1 is 1.06 bits per heavy atom. The maximum absolute atomic E-state index is 11.3. The number of ether oxygens (including phenoxy) is 1. The fourth-order valence-corrected chi connectivity index (χ4v) is 0.973. The number of rotatable bonds is 7. The highest BCUT2D eigenvalue weighted by Crippen LogP contribution is 2.16. The molecule has 17 heavy (non-hydrogen) atoms. The van der Waals surface area contributed by atoms with E-state index in [1.54, 1.807) is 0 Å². The predicted molar refractivity (Wildman–Crippen MR) is 65.0 cm³/mol. The average molecular weight is 257 g/mol. The first kappa shape index (κ1) is 19.1. The number of hydrogen-bond donors (Lipinski definition) is 1. The van der Waals surface area contributed by atoms with Crippen LogP contribution in [0.5, 0.6) is 0 Å². The van der Waals surface area contributed by atoms with E-state index in [2.05, 4.69) is 30.8 Å². The van der Waals surface area contributed by atoms with Gasteiger partial charge in [-0.15, -0.1) is 13.2 Å². The highest BCUT2D eigenvalue weighted by atomic mass is 19.4. The van der Waals surface area contributed by atoms with E-state index in [-0.39, 0.29) is 6.61 Å². The van der Waals surface area contributed by atoms with Crippen molar-refractivity contribution in [3.05, 3.63) is 0 Å². The van der Waals surface area contributed by atoms with Gasteiger partial charge in [-0.1, -0.05) is 40.5 Å². The largest absolute Gasteiger partial charge is 0.522 e. The lowest BCUT2D eigenvalue weighted by Gasteiger charge is -2.05. The Bertz CT molecular complexity index is 149. The zero-order valence-electron chi connectivity index (χ0n) is 11.4. The molecule has 0 amide bonds. The first-order chi connectivity index (χ1) is 7.83. The summed E-state index contributed by atoms with van der Waals surface area (Å²) in [5.74, 6) is 0. The summed E-state index contributed by atoms with van der Waals surface area (Å²) in [5.41, 5.74) is 0. The van der Waals surface area contributed by atoms with E-state index in [0.717, 1.165) is 19.4 Å². The summed E-state index contributed by atoms with van der Waals surface area (Å²) in [7, 11) is 0. The van der Waals surface area contributed by atoms with Gasteiger partial charge < -0.3 is 5.32 Å². The van der Waals surface area contributed by atoms with E-state index in [4.69, 9.17) is 0 Å². The first-order valence-corrected chi connectivity index (χ1v) is 6.27. The minimum absolute atomic E-state index is 0.211. The molecular formula is C12H26F3NO. The molecule has 0 atom stereocenters. The van der Waals surface area contributed by atoms with E-state index < -0.39 is 6.36 Å². The molecule has 0 saturated heterocycles. The molecule has 5 heteroatoms. The second-order valence-electron chi connectivity index (χ2n) is 4.11. The summed E-state index contributed by atoms with van der Waals surface area (Å²) in [4.78, 5) is 0.